The highest BCUT2D eigenvalue weighted by atomic mass is 16.3. The third kappa shape index (κ3) is 3.20. The van der Waals surface area contributed by atoms with Gasteiger partial charge in [-0.1, -0.05) is 12.8 Å². The molecule has 1 aliphatic carbocycles. The van der Waals surface area contributed by atoms with E-state index in [4.69, 9.17) is 0 Å². The molecule has 0 aliphatic heterocycles. The van der Waals surface area contributed by atoms with Gasteiger partial charge in [0.25, 0.3) is 5.91 Å². The van der Waals surface area contributed by atoms with Crippen LogP contribution in [0.1, 0.15) is 61.1 Å². The summed E-state index contributed by atoms with van der Waals surface area (Å²) in [6.45, 7) is 4.27. The molecule has 5 nitrogen and oxygen atoms in total. The molecule has 0 bridgehead atoms. The number of carbonyl (C=O) groups excluding carboxylic acids is 1. The van der Waals surface area contributed by atoms with E-state index in [1.54, 1.807) is 25.1 Å². The standard InChI is InChI=1S/C15H25N3O2/c1-11(19)8-9-17(3)15(20)14-10-16-18(12(14)2)13-6-4-5-7-13/h10-11,13,19H,4-9H2,1-3H3. The van der Waals surface area contributed by atoms with Gasteiger partial charge in [0.05, 0.1) is 23.9 Å². The van der Waals surface area contributed by atoms with Crippen molar-refractivity contribution in [2.24, 2.45) is 0 Å². The first-order valence-corrected chi connectivity index (χ1v) is 7.48. The van der Waals surface area contributed by atoms with Gasteiger partial charge in [-0.25, -0.2) is 0 Å². The van der Waals surface area contributed by atoms with Crippen LogP contribution in [-0.2, 0) is 0 Å². The lowest BCUT2D eigenvalue weighted by Gasteiger charge is -2.18. The molecule has 1 unspecified atom stereocenters. The fraction of sp³-hybridized carbons (Fsp3) is 0.733. The van der Waals surface area contributed by atoms with Gasteiger partial charge >= 0.3 is 0 Å². The van der Waals surface area contributed by atoms with Gasteiger partial charge in [0.1, 0.15) is 0 Å². The molecule has 1 fully saturated rings. The molecule has 1 atom stereocenters. The minimum Gasteiger partial charge on any atom is -0.393 e. The molecule has 1 aromatic heterocycles. The zero-order chi connectivity index (χ0) is 14.7. The number of aliphatic hydroxyl groups excluding tert-OH is 1. The average Bonchev–Trinajstić information content (AvgIpc) is 3.04. The second kappa shape index (κ2) is 6.39. The van der Waals surface area contributed by atoms with Crippen molar-refractivity contribution < 1.29 is 9.90 Å². The fourth-order valence-electron chi connectivity index (χ4n) is 2.84. The molecule has 0 aromatic carbocycles. The minimum atomic E-state index is -0.382. The molecule has 0 radical (unpaired) electrons. The number of rotatable bonds is 5. The van der Waals surface area contributed by atoms with Crippen LogP contribution >= 0.6 is 0 Å². The van der Waals surface area contributed by atoms with Crippen molar-refractivity contribution >= 4 is 5.91 Å². The minimum absolute atomic E-state index is 0.00704. The molecule has 20 heavy (non-hydrogen) atoms. The molecule has 1 saturated carbocycles. The molecule has 1 aliphatic rings. The number of aliphatic hydroxyl groups is 1. The lowest BCUT2D eigenvalue weighted by Crippen LogP contribution is -2.29. The second-order valence-corrected chi connectivity index (χ2v) is 5.89. The lowest BCUT2D eigenvalue weighted by atomic mass is 10.2. The highest BCUT2D eigenvalue weighted by Gasteiger charge is 2.23. The number of hydrogen-bond donors (Lipinski definition) is 1. The first-order chi connectivity index (χ1) is 9.50. The quantitative estimate of drug-likeness (QED) is 0.898. The van der Waals surface area contributed by atoms with Crippen molar-refractivity contribution in [3.8, 4) is 0 Å². The lowest BCUT2D eigenvalue weighted by molar-refractivity contribution is 0.0768. The van der Waals surface area contributed by atoms with Crippen molar-refractivity contribution in [1.82, 2.24) is 14.7 Å². The highest BCUT2D eigenvalue weighted by Crippen LogP contribution is 2.30. The summed E-state index contributed by atoms with van der Waals surface area (Å²) in [5, 5.41) is 13.7. The molecular weight excluding hydrogens is 254 g/mol. The second-order valence-electron chi connectivity index (χ2n) is 5.89. The maximum atomic E-state index is 12.4. The van der Waals surface area contributed by atoms with E-state index in [-0.39, 0.29) is 12.0 Å². The third-order valence-electron chi connectivity index (χ3n) is 4.17. The van der Waals surface area contributed by atoms with E-state index in [0.29, 0.717) is 24.6 Å². The summed E-state index contributed by atoms with van der Waals surface area (Å²) >= 11 is 0. The van der Waals surface area contributed by atoms with E-state index >= 15 is 0 Å². The SMILES string of the molecule is Cc1c(C(=O)N(C)CCC(C)O)cnn1C1CCCC1. The van der Waals surface area contributed by atoms with Crippen LogP contribution in [0, 0.1) is 6.92 Å². The normalized spacial score (nSPS) is 17.4. The molecule has 2 rings (SSSR count). The number of aromatic nitrogens is 2. The van der Waals surface area contributed by atoms with Crippen LogP contribution in [0.4, 0.5) is 0 Å². The van der Waals surface area contributed by atoms with Gasteiger partial charge in [-0.05, 0) is 33.1 Å². The molecule has 0 spiro atoms. The zero-order valence-electron chi connectivity index (χ0n) is 12.7. The summed E-state index contributed by atoms with van der Waals surface area (Å²) in [6.07, 6.45) is 6.73. The van der Waals surface area contributed by atoms with E-state index < -0.39 is 0 Å². The van der Waals surface area contributed by atoms with Crippen molar-refractivity contribution in [2.45, 2.75) is 58.1 Å². The van der Waals surface area contributed by atoms with Gasteiger partial charge < -0.3 is 10.0 Å². The molecular formula is C15H25N3O2. The van der Waals surface area contributed by atoms with Gasteiger partial charge in [-0.3, -0.25) is 9.48 Å². The molecule has 1 heterocycles. The molecule has 0 saturated heterocycles. The predicted octanol–water partition coefficient (Wildman–Crippen LogP) is 2.15. The topological polar surface area (TPSA) is 58.4 Å². The average molecular weight is 279 g/mol. The summed E-state index contributed by atoms with van der Waals surface area (Å²) in [5.41, 5.74) is 1.65. The highest BCUT2D eigenvalue weighted by molar-refractivity contribution is 5.94. The monoisotopic (exact) mass is 279 g/mol. The Bertz CT molecular complexity index is 462. The van der Waals surface area contributed by atoms with E-state index in [0.717, 1.165) is 18.5 Å². The van der Waals surface area contributed by atoms with Crippen molar-refractivity contribution in [1.29, 1.82) is 0 Å². The Kier molecular flexibility index (Phi) is 4.81. The van der Waals surface area contributed by atoms with Gasteiger partial charge in [-0.2, -0.15) is 5.10 Å². The Morgan fingerprint density at radius 2 is 2.20 bits per heavy atom. The Labute approximate surface area is 120 Å². The van der Waals surface area contributed by atoms with Gasteiger partial charge in [0, 0.05) is 19.3 Å². The van der Waals surface area contributed by atoms with Crippen LogP contribution in [0.15, 0.2) is 6.20 Å². The maximum absolute atomic E-state index is 12.4. The Hall–Kier alpha value is -1.36. The molecule has 1 amide bonds. The number of nitrogens with zero attached hydrogens (tertiary/aromatic N) is 3. The largest absolute Gasteiger partial charge is 0.393 e. The Morgan fingerprint density at radius 3 is 2.80 bits per heavy atom. The first-order valence-electron chi connectivity index (χ1n) is 7.48. The zero-order valence-corrected chi connectivity index (χ0v) is 12.7. The van der Waals surface area contributed by atoms with Crippen LogP contribution in [0.5, 0.6) is 0 Å². The summed E-state index contributed by atoms with van der Waals surface area (Å²) < 4.78 is 2.02. The van der Waals surface area contributed by atoms with Crippen LogP contribution in [0.2, 0.25) is 0 Å². The number of amides is 1. The van der Waals surface area contributed by atoms with Crippen molar-refractivity contribution in [2.75, 3.05) is 13.6 Å². The molecule has 112 valence electrons. The maximum Gasteiger partial charge on any atom is 0.257 e. The fourth-order valence-corrected chi connectivity index (χ4v) is 2.84. The van der Waals surface area contributed by atoms with Gasteiger partial charge in [0.2, 0.25) is 0 Å². The van der Waals surface area contributed by atoms with Crippen LogP contribution in [0.25, 0.3) is 0 Å². The summed E-state index contributed by atoms with van der Waals surface area (Å²) in [5.74, 6) is -0.00704. The van der Waals surface area contributed by atoms with Crippen molar-refractivity contribution in [3.05, 3.63) is 17.5 Å². The Morgan fingerprint density at radius 1 is 1.55 bits per heavy atom. The van der Waals surface area contributed by atoms with E-state index in [1.807, 2.05) is 11.6 Å². The van der Waals surface area contributed by atoms with Crippen LogP contribution < -0.4 is 0 Å². The van der Waals surface area contributed by atoms with Crippen LogP contribution in [-0.4, -0.2) is 45.4 Å². The molecule has 5 heteroatoms. The summed E-state index contributed by atoms with van der Waals surface area (Å²) in [7, 11) is 1.77. The van der Waals surface area contributed by atoms with Gasteiger partial charge in [0.15, 0.2) is 0 Å². The molecule has 1 aromatic rings. The Balaban J connectivity index is 2.06. The van der Waals surface area contributed by atoms with E-state index in [1.165, 1.54) is 12.8 Å². The predicted molar refractivity (Wildman–Crippen MR) is 77.7 cm³/mol. The molecule has 1 N–H and O–H groups in total. The van der Waals surface area contributed by atoms with E-state index in [2.05, 4.69) is 5.10 Å². The first kappa shape index (κ1) is 15.0. The number of hydrogen-bond acceptors (Lipinski definition) is 3. The van der Waals surface area contributed by atoms with E-state index in [9.17, 15) is 9.90 Å². The van der Waals surface area contributed by atoms with Crippen LogP contribution in [0.3, 0.4) is 0 Å². The summed E-state index contributed by atoms with van der Waals surface area (Å²) in [6, 6.07) is 0.458. The summed E-state index contributed by atoms with van der Waals surface area (Å²) in [4.78, 5) is 14.1. The third-order valence-corrected chi connectivity index (χ3v) is 4.17. The number of carbonyl (C=O) groups is 1. The van der Waals surface area contributed by atoms with Crippen molar-refractivity contribution in [3.63, 3.8) is 0 Å². The smallest absolute Gasteiger partial charge is 0.257 e. The van der Waals surface area contributed by atoms with Gasteiger partial charge in [-0.15, -0.1) is 0 Å².